The summed E-state index contributed by atoms with van der Waals surface area (Å²) in [5.74, 6) is 0. The normalized spacial score (nSPS) is 9.43. The Morgan fingerprint density at radius 1 is 1.71 bits per heavy atom. The fraction of sp³-hybridized carbons (Fsp3) is 0.800. The van der Waals surface area contributed by atoms with Crippen LogP contribution in [0.25, 0.3) is 0 Å². The first-order valence-corrected chi connectivity index (χ1v) is 2.49. The first kappa shape index (κ1) is 6.92. The summed E-state index contributed by atoms with van der Waals surface area (Å²) in [6, 6.07) is 0. The first-order valence-electron chi connectivity index (χ1n) is 2.49. The molecule has 0 aromatic carbocycles. The molecule has 0 amide bonds. The van der Waals surface area contributed by atoms with Gasteiger partial charge in [-0.05, 0) is 6.42 Å². The van der Waals surface area contributed by atoms with Gasteiger partial charge in [-0.25, -0.2) is 0 Å². The number of hydrogen-bond acceptors (Lipinski definition) is 2. The van der Waals surface area contributed by atoms with Crippen molar-refractivity contribution in [1.29, 1.82) is 0 Å². The van der Waals surface area contributed by atoms with Crippen molar-refractivity contribution >= 4 is 0 Å². The summed E-state index contributed by atoms with van der Waals surface area (Å²) in [7, 11) is 0. The fourth-order valence-electron chi connectivity index (χ4n) is 0.280. The minimum Gasteiger partial charge on any atom is -0.364 e. The molecular formula is C5H11O2. The van der Waals surface area contributed by atoms with Gasteiger partial charge in [-0.3, -0.25) is 0 Å². The van der Waals surface area contributed by atoms with E-state index in [1.54, 1.807) is 0 Å². The van der Waals surface area contributed by atoms with E-state index in [4.69, 9.17) is 5.11 Å². The predicted molar refractivity (Wildman–Crippen MR) is 27.1 cm³/mol. The molecule has 0 bridgehead atoms. The maximum atomic E-state index is 7.95. The Bertz CT molecular complexity index is 25.3. The minimum absolute atomic E-state index is 0.632. The van der Waals surface area contributed by atoms with Crippen LogP contribution >= 0.6 is 0 Å². The number of aliphatic hydroxyl groups excluding tert-OH is 1. The van der Waals surface area contributed by atoms with Gasteiger partial charge in [-0.1, -0.05) is 13.3 Å². The van der Waals surface area contributed by atoms with E-state index in [-0.39, 0.29) is 0 Å². The van der Waals surface area contributed by atoms with Crippen LogP contribution in [-0.2, 0) is 4.74 Å². The predicted octanol–water partition coefficient (Wildman–Crippen LogP) is 1.29. The van der Waals surface area contributed by atoms with Crippen molar-refractivity contribution in [3.05, 3.63) is 6.79 Å². The van der Waals surface area contributed by atoms with Crippen LogP contribution in [0.2, 0.25) is 0 Å². The third-order valence-corrected chi connectivity index (χ3v) is 0.690. The highest BCUT2D eigenvalue weighted by atomic mass is 16.6. The zero-order chi connectivity index (χ0) is 5.54. The lowest BCUT2D eigenvalue weighted by Gasteiger charge is -1.92. The number of ether oxygens (including phenoxy) is 1. The molecule has 0 fully saturated rings. The second kappa shape index (κ2) is 5.92. The second-order valence-corrected chi connectivity index (χ2v) is 1.33. The molecule has 2 heteroatoms. The quantitative estimate of drug-likeness (QED) is 0.543. The van der Waals surface area contributed by atoms with Crippen LogP contribution in [0.15, 0.2) is 0 Å². The molecule has 0 aliphatic rings. The van der Waals surface area contributed by atoms with Crippen LogP contribution in [0.5, 0.6) is 0 Å². The van der Waals surface area contributed by atoms with Gasteiger partial charge in [-0.2, -0.15) is 0 Å². The highest BCUT2D eigenvalue weighted by Gasteiger charge is 1.80. The molecule has 0 aromatic heterocycles. The van der Waals surface area contributed by atoms with Gasteiger partial charge in [0.15, 0.2) is 0 Å². The second-order valence-electron chi connectivity index (χ2n) is 1.33. The van der Waals surface area contributed by atoms with Gasteiger partial charge >= 0.3 is 0 Å². The summed E-state index contributed by atoms with van der Waals surface area (Å²) in [5, 5.41) is 7.95. The van der Waals surface area contributed by atoms with Crippen molar-refractivity contribution in [2.45, 2.75) is 19.8 Å². The highest BCUT2D eigenvalue weighted by molar-refractivity contribution is 4.30. The van der Waals surface area contributed by atoms with Gasteiger partial charge < -0.3 is 9.84 Å². The Labute approximate surface area is 44.1 Å². The summed E-state index contributed by atoms with van der Waals surface area (Å²) in [6.07, 6.45) is 2.12. The lowest BCUT2D eigenvalue weighted by Crippen LogP contribution is -1.88. The Kier molecular flexibility index (Phi) is 5.85. The zero-order valence-electron chi connectivity index (χ0n) is 4.55. The summed E-state index contributed by atoms with van der Waals surface area (Å²) in [5.41, 5.74) is 0. The van der Waals surface area contributed by atoms with Crippen molar-refractivity contribution in [3.63, 3.8) is 0 Å². The summed E-state index contributed by atoms with van der Waals surface area (Å²) in [4.78, 5) is 0. The molecule has 0 rings (SSSR count). The standard InChI is InChI=1S/C5H11O2/c1-2-3-4-7-5-6/h5-6H,2-4H2,1H3. The molecule has 1 radical (unpaired) electrons. The third-order valence-electron chi connectivity index (χ3n) is 0.690. The number of hydrogen-bond donors (Lipinski definition) is 1. The van der Waals surface area contributed by atoms with Gasteiger partial charge in [0, 0.05) is 6.61 Å². The monoisotopic (exact) mass is 103 g/mol. The molecular weight excluding hydrogens is 92.1 g/mol. The van der Waals surface area contributed by atoms with Crippen LogP contribution in [0.4, 0.5) is 0 Å². The smallest absolute Gasteiger partial charge is 0.206 e. The zero-order valence-corrected chi connectivity index (χ0v) is 4.55. The van der Waals surface area contributed by atoms with E-state index in [1.165, 1.54) is 0 Å². The van der Waals surface area contributed by atoms with Gasteiger partial charge in [0.25, 0.3) is 0 Å². The molecule has 0 atom stereocenters. The average molecular weight is 103 g/mol. The first-order chi connectivity index (χ1) is 3.41. The van der Waals surface area contributed by atoms with Gasteiger partial charge in [-0.15, -0.1) is 0 Å². The van der Waals surface area contributed by atoms with E-state index in [0.717, 1.165) is 19.6 Å². The topological polar surface area (TPSA) is 29.5 Å². The van der Waals surface area contributed by atoms with Crippen LogP contribution in [-0.4, -0.2) is 11.7 Å². The van der Waals surface area contributed by atoms with Crippen molar-refractivity contribution in [3.8, 4) is 0 Å². The average Bonchev–Trinajstić information content (AvgIpc) is 1.69. The van der Waals surface area contributed by atoms with E-state index in [2.05, 4.69) is 11.7 Å². The number of unbranched alkanes of at least 4 members (excludes halogenated alkanes) is 1. The maximum Gasteiger partial charge on any atom is 0.206 e. The SMILES string of the molecule is CCCCO[CH]O. The summed E-state index contributed by atoms with van der Waals surface area (Å²) in [6.45, 7) is 3.43. The van der Waals surface area contributed by atoms with E-state index in [0.29, 0.717) is 6.61 Å². The van der Waals surface area contributed by atoms with E-state index >= 15 is 0 Å². The Balaban J connectivity index is 2.45. The minimum atomic E-state index is 0.632. The molecule has 0 spiro atoms. The largest absolute Gasteiger partial charge is 0.364 e. The fourth-order valence-corrected chi connectivity index (χ4v) is 0.280. The van der Waals surface area contributed by atoms with Gasteiger partial charge in [0.2, 0.25) is 6.79 Å². The Morgan fingerprint density at radius 3 is 2.86 bits per heavy atom. The summed E-state index contributed by atoms with van der Waals surface area (Å²) >= 11 is 0. The molecule has 0 saturated carbocycles. The third kappa shape index (κ3) is 5.92. The van der Waals surface area contributed by atoms with Crippen molar-refractivity contribution in [2.75, 3.05) is 6.61 Å². The molecule has 0 unspecified atom stereocenters. The van der Waals surface area contributed by atoms with Crippen LogP contribution in [0, 0.1) is 6.79 Å². The Hall–Kier alpha value is -0.0800. The molecule has 7 heavy (non-hydrogen) atoms. The highest BCUT2D eigenvalue weighted by Crippen LogP contribution is 1.86. The molecule has 0 saturated heterocycles. The van der Waals surface area contributed by atoms with Crippen LogP contribution < -0.4 is 0 Å². The molecule has 1 N–H and O–H groups in total. The van der Waals surface area contributed by atoms with E-state index in [1.807, 2.05) is 0 Å². The van der Waals surface area contributed by atoms with Crippen molar-refractivity contribution < 1.29 is 9.84 Å². The lowest BCUT2D eigenvalue weighted by atomic mass is 10.4. The Morgan fingerprint density at radius 2 is 2.43 bits per heavy atom. The van der Waals surface area contributed by atoms with E-state index in [9.17, 15) is 0 Å². The maximum absolute atomic E-state index is 7.95. The van der Waals surface area contributed by atoms with Crippen LogP contribution in [0.1, 0.15) is 19.8 Å². The molecule has 0 aromatic rings. The molecule has 2 nitrogen and oxygen atoms in total. The molecule has 43 valence electrons. The number of rotatable bonds is 4. The van der Waals surface area contributed by atoms with Crippen LogP contribution in [0.3, 0.4) is 0 Å². The molecule has 0 aliphatic heterocycles. The van der Waals surface area contributed by atoms with E-state index < -0.39 is 0 Å². The molecule has 0 heterocycles. The van der Waals surface area contributed by atoms with Crippen molar-refractivity contribution in [1.82, 2.24) is 0 Å². The van der Waals surface area contributed by atoms with Crippen molar-refractivity contribution in [2.24, 2.45) is 0 Å². The summed E-state index contributed by atoms with van der Waals surface area (Å²) < 4.78 is 4.50. The van der Waals surface area contributed by atoms with Gasteiger partial charge in [0.05, 0.1) is 0 Å². The molecule has 0 aliphatic carbocycles. The van der Waals surface area contributed by atoms with Gasteiger partial charge in [0.1, 0.15) is 0 Å². The lowest BCUT2D eigenvalue weighted by molar-refractivity contribution is 0.0765. The number of aliphatic hydroxyl groups is 1.